The highest BCUT2D eigenvalue weighted by Crippen LogP contribution is 2.31. The fourth-order valence-corrected chi connectivity index (χ4v) is 3.04. The SMILES string of the molecule is CCC(C)c1ccccc1N1CCCC(NC(C)C)C1=O. The van der Waals surface area contributed by atoms with Crippen molar-refractivity contribution in [1.82, 2.24) is 5.32 Å². The number of carbonyl (C=O) groups is 1. The van der Waals surface area contributed by atoms with Gasteiger partial charge in [0.05, 0.1) is 6.04 Å². The van der Waals surface area contributed by atoms with Crippen molar-refractivity contribution in [1.29, 1.82) is 0 Å². The summed E-state index contributed by atoms with van der Waals surface area (Å²) in [5.74, 6) is 0.707. The van der Waals surface area contributed by atoms with Crippen molar-refractivity contribution in [2.45, 2.75) is 65.0 Å². The van der Waals surface area contributed by atoms with Gasteiger partial charge in [0.1, 0.15) is 0 Å². The molecule has 3 heteroatoms. The van der Waals surface area contributed by atoms with Crippen molar-refractivity contribution >= 4 is 11.6 Å². The molecule has 1 aliphatic rings. The molecule has 1 amide bonds. The van der Waals surface area contributed by atoms with Crippen LogP contribution in [0.5, 0.6) is 0 Å². The summed E-state index contributed by atoms with van der Waals surface area (Å²) in [7, 11) is 0. The molecule has 0 aliphatic carbocycles. The zero-order valence-corrected chi connectivity index (χ0v) is 13.7. The molecule has 0 aromatic heterocycles. The third-order valence-corrected chi connectivity index (χ3v) is 4.34. The Morgan fingerprint density at radius 3 is 2.67 bits per heavy atom. The van der Waals surface area contributed by atoms with E-state index >= 15 is 0 Å². The van der Waals surface area contributed by atoms with E-state index in [1.165, 1.54) is 5.56 Å². The van der Waals surface area contributed by atoms with E-state index in [-0.39, 0.29) is 11.9 Å². The maximum Gasteiger partial charge on any atom is 0.244 e. The molecule has 1 aliphatic heterocycles. The summed E-state index contributed by atoms with van der Waals surface area (Å²) in [6.45, 7) is 9.46. The number of hydrogen-bond acceptors (Lipinski definition) is 2. The second-order valence-corrected chi connectivity index (χ2v) is 6.37. The van der Waals surface area contributed by atoms with Crippen LogP contribution in [0, 0.1) is 0 Å². The number of piperidine rings is 1. The molecule has 0 bridgehead atoms. The van der Waals surface area contributed by atoms with Gasteiger partial charge in [-0.3, -0.25) is 4.79 Å². The van der Waals surface area contributed by atoms with Gasteiger partial charge in [0.2, 0.25) is 5.91 Å². The molecule has 1 heterocycles. The van der Waals surface area contributed by atoms with E-state index in [1.807, 2.05) is 11.0 Å². The zero-order valence-electron chi connectivity index (χ0n) is 13.7. The summed E-state index contributed by atoms with van der Waals surface area (Å²) < 4.78 is 0. The van der Waals surface area contributed by atoms with Crippen LogP contribution >= 0.6 is 0 Å². The van der Waals surface area contributed by atoms with Crippen LogP contribution in [0.3, 0.4) is 0 Å². The molecule has 2 unspecified atom stereocenters. The van der Waals surface area contributed by atoms with Crippen LogP contribution in [0.4, 0.5) is 5.69 Å². The van der Waals surface area contributed by atoms with E-state index in [0.717, 1.165) is 31.5 Å². The van der Waals surface area contributed by atoms with E-state index in [1.54, 1.807) is 0 Å². The summed E-state index contributed by atoms with van der Waals surface area (Å²) in [5.41, 5.74) is 2.39. The number of rotatable bonds is 5. The first kappa shape index (κ1) is 16.0. The van der Waals surface area contributed by atoms with Gasteiger partial charge in [0, 0.05) is 18.3 Å². The fraction of sp³-hybridized carbons (Fsp3) is 0.611. The maximum absolute atomic E-state index is 12.8. The predicted octanol–water partition coefficient (Wildman–Crippen LogP) is 3.69. The van der Waals surface area contributed by atoms with E-state index < -0.39 is 0 Å². The molecule has 2 rings (SSSR count). The third kappa shape index (κ3) is 3.65. The van der Waals surface area contributed by atoms with Gasteiger partial charge >= 0.3 is 0 Å². The van der Waals surface area contributed by atoms with Gasteiger partial charge in [0.25, 0.3) is 0 Å². The monoisotopic (exact) mass is 288 g/mol. The summed E-state index contributed by atoms with van der Waals surface area (Å²) in [6.07, 6.45) is 3.09. The molecule has 1 fully saturated rings. The van der Waals surface area contributed by atoms with Crippen LogP contribution in [-0.4, -0.2) is 24.5 Å². The second-order valence-electron chi connectivity index (χ2n) is 6.37. The number of anilines is 1. The number of benzene rings is 1. The highest BCUT2D eigenvalue weighted by atomic mass is 16.2. The standard InChI is InChI=1S/C18H28N2O/c1-5-14(4)15-9-6-7-11-17(15)20-12-8-10-16(18(20)21)19-13(2)3/h6-7,9,11,13-14,16,19H,5,8,10,12H2,1-4H3. The average Bonchev–Trinajstić information content (AvgIpc) is 2.48. The number of carbonyl (C=O) groups excluding carboxylic acids is 1. The number of hydrogen-bond donors (Lipinski definition) is 1. The van der Waals surface area contributed by atoms with Gasteiger partial charge in [-0.2, -0.15) is 0 Å². The van der Waals surface area contributed by atoms with Gasteiger partial charge < -0.3 is 10.2 Å². The van der Waals surface area contributed by atoms with Crippen LogP contribution < -0.4 is 10.2 Å². The summed E-state index contributed by atoms with van der Waals surface area (Å²) in [5, 5.41) is 3.40. The Morgan fingerprint density at radius 2 is 2.00 bits per heavy atom. The van der Waals surface area contributed by atoms with Crippen molar-refractivity contribution in [2.75, 3.05) is 11.4 Å². The highest BCUT2D eigenvalue weighted by Gasteiger charge is 2.31. The smallest absolute Gasteiger partial charge is 0.244 e. The Balaban J connectivity index is 2.27. The summed E-state index contributed by atoms with van der Waals surface area (Å²) in [6, 6.07) is 8.66. The third-order valence-electron chi connectivity index (χ3n) is 4.34. The first-order valence-corrected chi connectivity index (χ1v) is 8.21. The largest absolute Gasteiger partial charge is 0.311 e. The van der Waals surface area contributed by atoms with Gasteiger partial charge in [0.15, 0.2) is 0 Å². The predicted molar refractivity (Wildman–Crippen MR) is 88.8 cm³/mol. The molecule has 21 heavy (non-hydrogen) atoms. The Labute approximate surface area is 128 Å². The summed E-state index contributed by atoms with van der Waals surface area (Å²) in [4.78, 5) is 14.8. The Bertz CT molecular complexity index is 484. The lowest BCUT2D eigenvalue weighted by atomic mass is 9.94. The van der Waals surface area contributed by atoms with E-state index in [2.05, 4.69) is 51.2 Å². The minimum Gasteiger partial charge on any atom is -0.311 e. The van der Waals surface area contributed by atoms with Crippen LogP contribution in [0.1, 0.15) is 58.4 Å². The topological polar surface area (TPSA) is 32.3 Å². The minimum absolute atomic E-state index is 0.0382. The second kappa shape index (κ2) is 7.08. The number of nitrogens with zero attached hydrogens (tertiary/aromatic N) is 1. The van der Waals surface area contributed by atoms with E-state index in [0.29, 0.717) is 12.0 Å². The quantitative estimate of drug-likeness (QED) is 0.896. The van der Waals surface area contributed by atoms with Crippen molar-refractivity contribution in [3.8, 4) is 0 Å². The lowest BCUT2D eigenvalue weighted by molar-refractivity contribution is -0.121. The Hall–Kier alpha value is -1.35. The number of nitrogens with one attached hydrogen (secondary N) is 1. The van der Waals surface area contributed by atoms with Crippen LogP contribution in [0.25, 0.3) is 0 Å². The molecule has 1 aromatic carbocycles. The highest BCUT2D eigenvalue weighted by molar-refractivity contribution is 5.98. The van der Waals surface area contributed by atoms with Crippen LogP contribution in [0.2, 0.25) is 0 Å². The molecule has 0 spiro atoms. The first-order valence-electron chi connectivity index (χ1n) is 8.21. The minimum atomic E-state index is -0.0382. The summed E-state index contributed by atoms with van der Waals surface area (Å²) >= 11 is 0. The lowest BCUT2D eigenvalue weighted by Gasteiger charge is -2.35. The Kier molecular flexibility index (Phi) is 5.40. The van der Waals surface area contributed by atoms with Crippen LogP contribution in [0.15, 0.2) is 24.3 Å². The average molecular weight is 288 g/mol. The van der Waals surface area contributed by atoms with Gasteiger partial charge in [-0.25, -0.2) is 0 Å². The fourth-order valence-electron chi connectivity index (χ4n) is 3.04. The number of amides is 1. The van der Waals surface area contributed by atoms with Gasteiger partial charge in [-0.1, -0.05) is 45.9 Å². The maximum atomic E-state index is 12.8. The van der Waals surface area contributed by atoms with Crippen molar-refractivity contribution in [2.24, 2.45) is 0 Å². The van der Waals surface area contributed by atoms with E-state index in [4.69, 9.17) is 0 Å². The van der Waals surface area contributed by atoms with Crippen LogP contribution in [-0.2, 0) is 4.79 Å². The Morgan fingerprint density at radius 1 is 1.29 bits per heavy atom. The molecule has 116 valence electrons. The zero-order chi connectivity index (χ0) is 15.4. The van der Waals surface area contributed by atoms with E-state index in [9.17, 15) is 4.79 Å². The molecule has 1 aromatic rings. The number of para-hydroxylation sites is 1. The molecular formula is C18H28N2O. The molecule has 0 radical (unpaired) electrons. The normalized spacial score (nSPS) is 20.9. The first-order chi connectivity index (χ1) is 10.0. The molecule has 1 N–H and O–H groups in total. The van der Waals surface area contributed by atoms with Gasteiger partial charge in [-0.05, 0) is 36.8 Å². The van der Waals surface area contributed by atoms with Crippen molar-refractivity contribution in [3.63, 3.8) is 0 Å². The molecule has 3 nitrogen and oxygen atoms in total. The van der Waals surface area contributed by atoms with Gasteiger partial charge in [-0.15, -0.1) is 0 Å². The lowest BCUT2D eigenvalue weighted by Crippen LogP contribution is -2.52. The molecule has 2 atom stereocenters. The molecule has 1 saturated heterocycles. The van der Waals surface area contributed by atoms with Crippen molar-refractivity contribution < 1.29 is 4.79 Å². The molecule has 0 saturated carbocycles. The van der Waals surface area contributed by atoms with Crippen molar-refractivity contribution in [3.05, 3.63) is 29.8 Å². The molecular weight excluding hydrogens is 260 g/mol.